The highest BCUT2D eigenvalue weighted by Gasteiger charge is 2.18. The topological polar surface area (TPSA) is 22.8 Å². The van der Waals surface area contributed by atoms with Gasteiger partial charge in [0.25, 0.3) is 21.6 Å². The van der Waals surface area contributed by atoms with Crippen LogP contribution in [0.4, 0.5) is 0 Å². The van der Waals surface area contributed by atoms with Crippen LogP contribution in [0.5, 0.6) is 0 Å². The molecule has 0 aliphatic carbocycles. The molecule has 0 fully saturated rings. The van der Waals surface area contributed by atoms with Gasteiger partial charge in [0.15, 0.2) is 0 Å². The van der Waals surface area contributed by atoms with Crippen molar-refractivity contribution in [2.24, 2.45) is 0 Å². The van der Waals surface area contributed by atoms with Crippen LogP contribution >= 0.6 is 78.9 Å². The van der Waals surface area contributed by atoms with Crippen LogP contribution in [-0.2, 0) is 0 Å². The minimum Gasteiger partial charge on any atom is -0.0680 e. The molecular formula is Cl5N3P3+. The Morgan fingerprint density at radius 2 is 1.82 bits per heavy atom. The fraction of sp³-hybridized carbons (Fsp3) is 0. The summed E-state index contributed by atoms with van der Waals surface area (Å²) in [6, 6.07) is 0. The first-order valence-electron chi connectivity index (χ1n) is 2.05. The van der Waals surface area contributed by atoms with Gasteiger partial charge in [-0.05, 0) is 4.51 Å². The molecule has 0 radical (unpaired) electrons. The molecule has 0 spiro atoms. The third kappa shape index (κ3) is 2.36. The molecule has 0 aliphatic heterocycles. The highest BCUT2D eigenvalue weighted by atomic mass is 35.7. The van der Waals surface area contributed by atoms with Crippen molar-refractivity contribution in [1.82, 2.24) is 11.7 Å². The summed E-state index contributed by atoms with van der Waals surface area (Å²) in [7, 11) is -3.91. The summed E-state index contributed by atoms with van der Waals surface area (Å²) in [4.78, 5) is 0. The number of hydrogen-bond acceptors (Lipinski definition) is 1. The maximum atomic E-state index is 5.76. The number of halogens is 5. The number of aromatic nitrogens is 3. The van der Waals surface area contributed by atoms with Crippen LogP contribution < -0.4 is 0 Å². The molecule has 3 nitrogen and oxygen atoms in total. The molecule has 0 aromatic carbocycles. The largest absolute Gasteiger partial charge is 0.296 e. The van der Waals surface area contributed by atoms with Gasteiger partial charge in [-0.15, -0.1) is 0 Å². The zero-order valence-electron chi connectivity index (χ0n) is 4.57. The summed E-state index contributed by atoms with van der Waals surface area (Å²) in [6.45, 7) is 0. The Bertz CT molecular complexity index is 273. The first-order chi connectivity index (χ1) is 5.04. The Balaban J connectivity index is 3.46. The van der Waals surface area contributed by atoms with Crippen LogP contribution in [0.25, 0.3) is 0 Å². The standard InChI is InChI=1S/Cl5N3P3/c1-7-9(3)6-10(4)8(2)11(7)5/q+1. The molecule has 1 heterocycles. The summed E-state index contributed by atoms with van der Waals surface area (Å²) < 4.78 is 6.27. The molecule has 64 valence electrons. The third-order valence-corrected chi connectivity index (χ3v) is 11.9. The quantitative estimate of drug-likeness (QED) is 0.656. The Kier molecular flexibility index (Phi) is 4.24. The van der Waals surface area contributed by atoms with Crippen LogP contribution in [0.15, 0.2) is 0 Å². The van der Waals surface area contributed by atoms with Crippen molar-refractivity contribution >= 4 is 78.9 Å². The van der Waals surface area contributed by atoms with E-state index in [0.717, 1.165) is 0 Å². The van der Waals surface area contributed by atoms with E-state index >= 15 is 0 Å². The van der Waals surface area contributed by atoms with Gasteiger partial charge in [0.2, 0.25) is 0 Å². The highest BCUT2D eigenvalue weighted by molar-refractivity contribution is 7.91. The van der Waals surface area contributed by atoms with Gasteiger partial charge in [0, 0.05) is 0 Å². The minimum atomic E-state index is -1.32. The van der Waals surface area contributed by atoms with Crippen molar-refractivity contribution in [2.45, 2.75) is 0 Å². The number of nitrogens with zero attached hydrogens (tertiary/aromatic N) is 3. The van der Waals surface area contributed by atoms with Crippen molar-refractivity contribution in [3.8, 4) is 0 Å². The number of hydrogen-bond donors (Lipinski definition) is 0. The van der Waals surface area contributed by atoms with Gasteiger partial charge in [0.1, 0.15) is 0 Å². The van der Waals surface area contributed by atoms with Gasteiger partial charge in [-0.3, -0.25) is 0 Å². The zero-order chi connectivity index (χ0) is 8.59. The molecule has 0 aliphatic rings. The molecule has 11 heavy (non-hydrogen) atoms. The van der Waals surface area contributed by atoms with Gasteiger partial charge < -0.3 is 0 Å². The molecule has 1 aromatic heterocycles. The molecule has 2 unspecified atom stereocenters. The Hall–Kier alpha value is 1.75. The van der Waals surface area contributed by atoms with Gasteiger partial charge in [-0.2, -0.15) is 0 Å². The second kappa shape index (κ2) is 4.31. The molecule has 1 rings (SSSR count). The second-order valence-corrected chi connectivity index (χ2v) is 10.0. The molecule has 11 heteroatoms. The summed E-state index contributed by atoms with van der Waals surface area (Å²) in [5, 5.41) is 0. The van der Waals surface area contributed by atoms with Gasteiger partial charge in [-0.1, -0.05) is 7.22 Å². The van der Waals surface area contributed by atoms with Crippen LogP contribution in [-0.4, -0.2) is 11.7 Å². The van der Waals surface area contributed by atoms with E-state index in [1.165, 1.54) is 7.22 Å². The average Bonchev–Trinajstić information content (AvgIpc) is 1.97. The molecule has 0 N–H and O–H groups in total. The molecule has 2 atom stereocenters. The SMILES string of the molecule is Cln1p(Cl)n[p+](Cl)n(Cl)p1Cl. The van der Waals surface area contributed by atoms with Crippen LogP contribution in [0.1, 0.15) is 0 Å². The fourth-order valence-corrected chi connectivity index (χ4v) is 9.46. The van der Waals surface area contributed by atoms with Crippen molar-refractivity contribution in [3.05, 3.63) is 0 Å². The Labute approximate surface area is 90.2 Å². The smallest absolute Gasteiger partial charge is 0.0680 e. The molecule has 1 aromatic rings. The van der Waals surface area contributed by atoms with E-state index in [1.54, 1.807) is 0 Å². The van der Waals surface area contributed by atoms with E-state index in [1.807, 2.05) is 0 Å². The molecule has 0 saturated carbocycles. The van der Waals surface area contributed by atoms with Gasteiger partial charge in [0.05, 0.1) is 57.3 Å². The van der Waals surface area contributed by atoms with E-state index in [9.17, 15) is 0 Å². The van der Waals surface area contributed by atoms with Crippen molar-refractivity contribution in [3.63, 3.8) is 0 Å². The Morgan fingerprint density at radius 1 is 1.27 bits per heavy atom. The maximum absolute atomic E-state index is 5.76. The Morgan fingerprint density at radius 3 is 2.36 bits per heavy atom. The van der Waals surface area contributed by atoms with Gasteiger partial charge in [-0.25, -0.2) is 0 Å². The second-order valence-electron chi connectivity index (χ2n) is 1.29. The average molecular weight is 312 g/mol. The minimum absolute atomic E-state index is 1.20. The lowest BCUT2D eigenvalue weighted by atomic mass is 13.8. The summed E-state index contributed by atoms with van der Waals surface area (Å²) in [5.41, 5.74) is 0. The predicted octanol–water partition coefficient (Wildman–Crippen LogP) is 5.06. The maximum Gasteiger partial charge on any atom is 0.296 e. The van der Waals surface area contributed by atoms with Crippen molar-refractivity contribution < 1.29 is 0 Å². The van der Waals surface area contributed by atoms with E-state index in [2.05, 4.69) is 4.51 Å². The van der Waals surface area contributed by atoms with Crippen molar-refractivity contribution in [1.29, 1.82) is 0 Å². The molecule has 0 amide bonds. The van der Waals surface area contributed by atoms with E-state index in [0.29, 0.717) is 0 Å². The molecule has 0 bridgehead atoms. The van der Waals surface area contributed by atoms with E-state index in [-0.39, 0.29) is 0 Å². The van der Waals surface area contributed by atoms with Gasteiger partial charge >= 0.3 is 0 Å². The van der Waals surface area contributed by atoms with Crippen LogP contribution in [0, 0.1) is 0 Å². The van der Waals surface area contributed by atoms with E-state index < -0.39 is 21.6 Å². The zero-order valence-corrected chi connectivity index (χ0v) is 11.0. The fourth-order valence-electron chi connectivity index (χ4n) is 0.310. The van der Waals surface area contributed by atoms with Crippen molar-refractivity contribution in [2.75, 3.05) is 0 Å². The van der Waals surface area contributed by atoms with Crippen LogP contribution in [0.3, 0.4) is 0 Å². The lowest BCUT2D eigenvalue weighted by molar-refractivity contribution is 1.51. The lowest BCUT2D eigenvalue weighted by Gasteiger charge is -1.95. The lowest BCUT2D eigenvalue weighted by Crippen LogP contribution is -1.80. The first kappa shape index (κ1) is 10.8. The summed E-state index contributed by atoms with van der Waals surface area (Å²) >= 11 is 28.4. The number of rotatable bonds is 0. The van der Waals surface area contributed by atoms with Crippen LogP contribution in [0.2, 0.25) is 0 Å². The first-order valence-corrected chi connectivity index (χ1v) is 9.18. The predicted molar refractivity (Wildman–Crippen MR) is 56.6 cm³/mol. The third-order valence-electron chi connectivity index (χ3n) is 0.692. The normalized spacial score (nSPS) is 15.2. The van der Waals surface area contributed by atoms with E-state index in [4.69, 9.17) is 57.3 Å². The highest BCUT2D eigenvalue weighted by Crippen LogP contribution is 2.51. The monoisotopic (exact) mass is 310 g/mol. The summed E-state index contributed by atoms with van der Waals surface area (Å²) in [5.74, 6) is 0. The summed E-state index contributed by atoms with van der Waals surface area (Å²) in [6.07, 6.45) is 0. The molecule has 0 saturated heterocycles. The molecular weight excluding hydrogens is 312 g/mol.